The van der Waals surface area contributed by atoms with E-state index in [9.17, 15) is 10.2 Å². The number of phenolic OH excluding ortho intramolecular Hbond substituents is 2. The summed E-state index contributed by atoms with van der Waals surface area (Å²) < 4.78 is 0. The van der Waals surface area contributed by atoms with Crippen LogP contribution in [-0.4, -0.2) is 16.8 Å². The SMILES string of the molecule is Cc1cc(C2(CN)CC2)cc(O)c1O. The third-order valence-electron chi connectivity index (χ3n) is 3.14. The van der Waals surface area contributed by atoms with Crippen LogP contribution in [0.5, 0.6) is 11.5 Å². The number of rotatable bonds is 2. The summed E-state index contributed by atoms with van der Waals surface area (Å²) >= 11 is 0. The number of aryl methyl sites for hydroxylation is 1. The van der Waals surface area contributed by atoms with Crippen molar-refractivity contribution in [1.29, 1.82) is 0 Å². The molecule has 0 radical (unpaired) electrons. The largest absolute Gasteiger partial charge is 0.504 e. The van der Waals surface area contributed by atoms with Crippen LogP contribution in [0.3, 0.4) is 0 Å². The summed E-state index contributed by atoms with van der Waals surface area (Å²) in [5, 5.41) is 18.9. The number of aromatic hydroxyl groups is 2. The molecule has 3 nitrogen and oxygen atoms in total. The van der Waals surface area contributed by atoms with Gasteiger partial charge in [0.2, 0.25) is 0 Å². The fourth-order valence-electron chi connectivity index (χ4n) is 1.83. The first-order valence-corrected chi connectivity index (χ1v) is 4.82. The molecule has 0 atom stereocenters. The summed E-state index contributed by atoms with van der Waals surface area (Å²) in [6, 6.07) is 3.54. The highest BCUT2D eigenvalue weighted by atomic mass is 16.3. The van der Waals surface area contributed by atoms with Gasteiger partial charge < -0.3 is 15.9 Å². The summed E-state index contributed by atoms with van der Waals surface area (Å²) in [7, 11) is 0. The van der Waals surface area contributed by atoms with E-state index in [0.717, 1.165) is 18.4 Å². The monoisotopic (exact) mass is 193 g/mol. The summed E-state index contributed by atoms with van der Waals surface area (Å²) in [4.78, 5) is 0. The van der Waals surface area contributed by atoms with E-state index in [0.29, 0.717) is 12.1 Å². The van der Waals surface area contributed by atoms with Gasteiger partial charge in [-0.2, -0.15) is 0 Å². The Balaban J connectivity index is 2.46. The van der Waals surface area contributed by atoms with Crippen molar-refractivity contribution in [2.24, 2.45) is 5.73 Å². The van der Waals surface area contributed by atoms with Crippen molar-refractivity contribution in [3.8, 4) is 11.5 Å². The molecule has 1 fully saturated rings. The van der Waals surface area contributed by atoms with Gasteiger partial charge in [-0.1, -0.05) is 6.07 Å². The average molecular weight is 193 g/mol. The van der Waals surface area contributed by atoms with Crippen LogP contribution in [0, 0.1) is 6.92 Å². The Morgan fingerprint density at radius 2 is 2.00 bits per heavy atom. The molecule has 0 unspecified atom stereocenters. The van der Waals surface area contributed by atoms with Crippen molar-refractivity contribution in [1.82, 2.24) is 0 Å². The van der Waals surface area contributed by atoms with Crippen molar-refractivity contribution in [2.75, 3.05) is 6.54 Å². The number of hydrogen-bond donors (Lipinski definition) is 3. The summed E-state index contributed by atoms with van der Waals surface area (Å²) in [5.41, 5.74) is 7.52. The van der Waals surface area contributed by atoms with Gasteiger partial charge in [-0.25, -0.2) is 0 Å². The van der Waals surface area contributed by atoms with Crippen LogP contribution in [0.2, 0.25) is 0 Å². The molecular weight excluding hydrogens is 178 g/mol. The third-order valence-corrected chi connectivity index (χ3v) is 3.14. The quantitative estimate of drug-likeness (QED) is 0.622. The van der Waals surface area contributed by atoms with Crippen LogP contribution in [0.25, 0.3) is 0 Å². The van der Waals surface area contributed by atoms with Crippen LogP contribution in [0.1, 0.15) is 24.0 Å². The molecule has 0 heterocycles. The predicted octanol–water partition coefficient (Wildman–Crippen LogP) is 1.40. The second-order valence-corrected chi connectivity index (χ2v) is 4.15. The molecule has 1 aromatic rings. The zero-order chi connectivity index (χ0) is 10.3. The van der Waals surface area contributed by atoms with Gasteiger partial charge in [0, 0.05) is 12.0 Å². The molecule has 1 aromatic carbocycles. The maximum absolute atomic E-state index is 9.48. The normalized spacial score (nSPS) is 18.1. The highest BCUT2D eigenvalue weighted by molar-refractivity contribution is 5.50. The van der Waals surface area contributed by atoms with Crippen molar-refractivity contribution in [3.63, 3.8) is 0 Å². The third kappa shape index (κ3) is 1.24. The first kappa shape index (κ1) is 9.34. The molecule has 1 aliphatic rings. The molecule has 1 aliphatic carbocycles. The molecule has 4 N–H and O–H groups in total. The Morgan fingerprint density at radius 3 is 2.43 bits per heavy atom. The molecule has 14 heavy (non-hydrogen) atoms. The fraction of sp³-hybridized carbons (Fsp3) is 0.455. The second kappa shape index (κ2) is 2.89. The molecule has 0 aromatic heterocycles. The number of phenols is 2. The highest BCUT2D eigenvalue weighted by Crippen LogP contribution is 2.49. The number of benzene rings is 1. The average Bonchev–Trinajstić information content (AvgIpc) is 2.94. The Morgan fingerprint density at radius 1 is 1.36 bits per heavy atom. The van der Waals surface area contributed by atoms with E-state index in [1.54, 1.807) is 13.0 Å². The zero-order valence-corrected chi connectivity index (χ0v) is 8.25. The fourth-order valence-corrected chi connectivity index (χ4v) is 1.83. The van der Waals surface area contributed by atoms with Crippen molar-refractivity contribution < 1.29 is 10.2 Å². The van der Waals surface area contributed by atoms with Gasteiger partial charge in [0.25, 0.3) is 0 Å². The molecule has 0 spiro atoms. The van der Waals surface area contributed by atoms with Gasteiger partial charge >= 0.3 is 0 Å². The van der Waals surface area contributed by atoms with Gasteiger partial charge in [-0.15, -0.1) is 0 Å². The second-order valence-electron chi connectivity index (χ2n) is 4.15. The van der Waals surface area contributed by atoms with Crippen molar-refractivity contribution in [2.45, 2.75) is 25.2 Å². The predicted molar refractivity (Wildman–Crippen MR) is 54.5 cm³/mol. The first-order chi connectivity index (χ1) is 6.59. The van der Waals surface area contributed by atoms with E-state index < -0.39 is 0 Å². The minimum Gasteiger partial charge on any atom is -0.504 e. The summed E-state index contributed by atoms with van der Waals surface area (Å²) in [5.74, 6) is -0.0682. The Kier molecular flexibility index (Phi) is 1.93. The van der Waals surface area contributed by atoms with E-state index in [2.05, 4.69) is 0 Å². The van der Waals surface area contributed by atoms with E-state index >= 15 is 0 Å². The number of hydrogen-bond acceptors (Lipinski definition) is 3. The van der Waals surface area contributed by atoms with Gasteiger partial charge in [-0.3, -0.25) is 0 Å². The van der Waals surface area contributed by atoms with Crippen LogP contribution < -0.4 is 5.73 Å². The first-order valence-electron chi connectivity index (χ1n) is 4.82. The molecule has 0 aliphatic heterocycles. The Bertz CT molecular complexity index is 347. The van der Waals surface area contributed by atoms with Crippen LogP contribution in [-0.2, 0) is 5.41 Å². The minimum absolute atomic E-state index is 0.0263. The van der Waals surface area contributed by atoms with Crippen molar-refractivity contribution in [3.05, 3.63) is 23.3 Å². The van der Waals surface area contributed by atoms with Gasteiger partial charge in [0.15, 0.2) is 11.5 Å². The van der Waals surface area contributed by atoms with Crippen LogP contribution >= 0.6 is 0 Å². The molecule has 1 saturated carbocycles. The lowest BCUT2D eigenvalue weighted by atomic mass is 9.94. The van der Waals surface area contributed by atoms with Gasteiger partial charge in [0.05, 0.1) is 0 Å². The zero-order valence-electron chi connectivity index (χ0n) is 8.25. The summed E-state index contributed by atoms with van der Waals surface area (Å²) in [6.07, 6.45) is 2.15. The number of nitrogens with two attached hydrogens (primary N) is 1. The van der Waals surface area contributed by atoms with E-state index in [-0.39, 0.29) is 16.9 Å². The molecule has 3 heteroatoms. The summed E-state index contributed by atoms with van der Waals surface area (Å²) in [6.45, 7) is 2.39. The molecule has 0 bridgehead atoms. The molecule has 76 valence electrons. The smallest absolute Gasteiger partial charge is 0.160 e. The lowest BCUT2D eigenvalue weighted by Gasteiger charge is -2.14. The standard InChI is InChI=1S/C11H15NO2/c1-7-4-8(5-9(13)10(7)14)11(6-12)2-3-11/h4-5,13-14H,2-3,6,12H2,1H3. The Hall–Kier alpha value is -1.22. The maximum atomic E-state index is 9.48. The lowest BCUT2D eigenvalue weighted by molar-refractivity contribution is 0.399. The van der Waals surface area contributed by atoms with Crippen LogP contribution in [0.4, 0.5) is 0 Å². The van der Waals surface area contributed by atoms with Crippen molar-refractivity contribution >= 4 is 0 Å². The van der Waals surface area contributed by atoms with E-state index in [1.165, 1.54) is 0 Å². The maximum Gasteiger partial charge on any atom is 0.160 e. The van der Waals surface area contributed by atoms with Gasteiger partial charge in [0.1, 0.15) is 0 Å². The molecular formula is C11H15NO2. The Labute approximate surface area is 83.2 Å². The molecule has 2 rings (SSSR count). The van der Waals surface area contributed by atoms with E-state index in [1.807, 2.05) is 6.07 Å². The molecule has 0 saturated heterocycles. The van der Waals surface area contributed by atoms with E-state index in [4.69, 9.17) is 5.73 Å². The topological polar surface area (TPSA) is 66.5 Å². The minimum atomic E-state index is -0.0419. The van der Waals surface area contributed by atoms with Crippen LogP contribution in [0.15, 0.2) is 12.1 Å². The highest BCUT2D eigenvalue weighted by Gasteiger charge is 2.43. The lowest BCUT2D eigenvalue weighted by Crippen LogP contribution is -2.19. The van der Waals surface area contributed by atoms with Gasteiger partial charge in [-0.05, 0) is 37.0 Å². The molecule has 0 amide bonds.